The van der Waals surface area contributed by atoms with E-state index in [9.17, 15) is 4.79 Å². The monoisotopic (exact) mass is 371 g/mol. The van der Waals surface area contributed by atoms with Crippen LogP contribution in [0.3, 0.4) is 0 Å². The van der Waals surface area contributed by atoms with Gasteiger partial charge in [0.05, 0.1) is 4.88 Å². The topological polar surface area (TPSA) is 29.1 Å². The normalized spacial score (nSPS) is 18.2. The van der Waals surface area contributed by atoms with Gasteiger partial charge in [-0.25, -0.2) is 0 Å². The number of halogens is 1. The summed E-state index contributed by atoms with van der Waals surface area (Å²) in [7, 11) is 0. The third kappa shape index (κ3) is 2.95. The third-order valence-corrected chi connectivity index (χ3v) is 7.47. The number of hydrogen-bond acceptors (Lipinski definition) is 3. The fraction of sp³-hybridized carbons (Fsp3) is 0.533. The molecule has 1 amide bonds. The van der Waals surface area contributed by atoms with Crippen LogP contribution in [0.5, 0.6) is 0 Å². The quantitative estimate of drug-likeness (QED) is 0.749. The summed E-state index contributed by atoms with van der Waals surface area (Å²) >= 11 is 6.94. The van der Waals surface area contributed by atoms with E-state index >= 15 is 0 Å². The second-order valence-corrected chi connectivity index (χ2v) is 8.23. The van der Waals surface area contributed by atoms with Crippen LogP contribution in [-0.4, -0.2) is 17.8 Å². The van der Waals surface area contributed by atoms with Gasteiger partial charge in [0.15, 0.2) is 0 Å². The van der Waals surface area contributed by atoms with Crippen molar-refractivity contribution in [1.82, 2.24) is 5.32 Å². The number of rotatable bonds is 4. The van der Waals surface area contributed by atoms with Crippen molar-refractivity contribution >= 4 is 53.9 Å². The molecule has 1 saturated carbocycles. The highest BCUT2D eigenvalue weighted by Gasteiger charge is 2.31. The Bertz CT molecular complexity index is 569. The molecule has 0 saturated heterocycles. The summed E-state index contributed by atoms with van der Waals surface area (Å²) in [6.07, 6.45) is 6.35. The van der Waals surface area contributed by atoms with Crippen LogP contribution in [0.15, 0.2) is 17.5 Å². The van der Waals surface area contributed by atoms with Crippen molar-refractivity contribution in [2.45, 2.75) is 32.1 Å². The highest BCUT2D eigenvalue weighted by molar-refractivity contribution is 9.09. The first kappa shape index (κ1) is 14.5. The van der Waals surface area contributed by atoms with E-state index in [2.05, 4.69) is 32.7 Å². The predicted octanol–water partition coefficient (Wildman–Crippen LogP) is 5.04. The van der Waals surface area contributed by atoms with Crippen LogP contribution in [0.2, 0.25) is 0 Å². The first-order chi connectivity index (χ1) is 9.72. The zero-order valence-electron chi connectivity index (χ0n) is 11.3. The van der Waals surface area contributed by atoms with Crippen molar-refractivity contribution in [3.05, 3.63) is 22.4 Å². The number of carbonyl (C=O) groups excluding carboxylic acids is 1. The molecule has 2 heterocycles. The molecular weight excluding hydrogens is 354 g/mol. The Morgan fingerprint density at radius 2 is 2.10 bits per heavy atom. The molecule has 1 N–H and O–H groups in total. The van der Waals surface area contributed by atoms with E-state index in [4.69, 9.17) is 0 Å². The SMILES string of the molecule is O=C(NCC1(CBr)CCCCC1)c1cc2sccc2s1. The Balaban J connectivity index is 1.65. The molecule has 5 heteroatoms. The Morgan fingerprint density at radius 3 is 2.80 bits per heavy atom. The fourth-order valence-electron chi connectivity index (χ4n) is 2.89. The highest BCUT2D eigenvalue weighted by atomic mass is 79.9. The van der Waals surface area contributed by atoms with Crippen molar-refractivity contribution < 1.29 is 4.79 Å². The number of carbonyl (C=O) groups is 1. The van der Waals surface area contributed by atoms with Crippen LogP contribution in [-0.2, 0) is 0 Å². The number of alkyl halides is 1. The Morgan fingerprint density at radius 1 is 1.30 bits per heavy atom. The van der Waals surface area contributed by atoms with Crippen molar-refractivity contribution in [1.29, 1.82) is 0 Å². The van der Waals surface area contributed by atoms with E-state index in [-0.39, 0.29) is 11.3 Å². The Kier molecular flexibility index (Phi) is 4.48. The van der Waals surface area contributed by atoms with Crippen LogP contribution < -0.4 is 5.32 Å². The maximum Gasteiger partial charge on any atom is 0.261 e. The molecule has 0 radical (unpaired) electrons. The fourth-order valence-corrected chi connectivity index (χ4v) is 5.68. The molecular formula is C15H18BrNOS2. The minimum atomic E-state index is 0.0873. The summed E-state index contributed by atoms with van der Waals surface area (Å²) in [5.74, 6) is 0.0873. The lowest BCUT2D eigenvalue weighted by Gasteiger charge is -2.35. The van der Waals surface area contributed by atoms with E-state index in [0.717, 1.165) is 16.8 Å². The van der Waals surface area contributed by atoms with Crippen LogP contribution in [0, 0.1) is 5.41 Å². The molecule has 20 heavy (non-hydrogen) atoms. The molecule has 108 valence electrons. The minimum Gasteiger partial charge on any atom is -0.351 e. The van der Waals surface area contributed by atoms with E-state index < -0.39 is 0 Å². The van der Waals surface area contributed by atoms with Crippen molar-refractivity contribution in [2.24, 2.45) is 5.41 Å². The van der Waals surface area contributed by atoms with Gasteiger partial charge in [0.2, 0.25) is 0 Å². The van der Waals surface area contributed by atoms with Crippen molar-refractivity contribution in [2.75, 3.05) is 11.9 Å². The largest absolute Gasteiger partial charge is 0.351 e. The van der Waals surface area contributed by atoms with Gasteiger partial charge in [0.25, 0.3) is 5.91 Å². The van der Waals surface area contributed by atoms with Crippen LogP contribution in [0.4, 0.5) is 0 Å². The predicted molar refractivity (Wildman–Crippen MR) is 91.3 cm³/mol. The molecule has 1 fully saturated rings. The van der Waals surface area contributed by atoms with Crippen LogP contribution >= 0.6 is 38.6 Å². The maximum atomic E-state index is 12.3. The standard InChI is InChI=1S/C15H18BrNOS2/c16-9-15(5-2-1-3-6-15)10-17-14(18)13-8-12-11(20-13)4-7-19-12/h4,7-8H,1-3,5-6,9-10H2,(H,17,18). The van der Waals surface area contributed by atoms with Gasteiger partial charge >= 0.3 is 0 Å². The number of nitrogens with one attached hydrogen (secondary N) is 1. The average Bonchev–Trinajstić information content (AvgIpc) is 3.07. The molecule has 2 aromatic rings. The van der Waals surface area contributed by atoms with Crippen molar-refractivity contribution in [3.63, 3.8) is 0 Å². The Labute approximate surface area is 135 Å². The van der Waals surface area contributed by atoms with E-state index in [1.807, 2.05) is 6.07 Å². The molecule has 2 nitrogen and oxygen atoms in total. The molecule has 0 spiro atoms. The third-order valence-electron chi connectivity index (χ3n) is 4.18. The summed E-state index contributed by atoms with van der Waals surface area (Å²) in [5.41, 5.74) is 0.266. The first-order valence-electron chi connectivity index (χ1n) is 7.04. The molecule has 3 rings (SSSR count). The number of hydrogen-bond donors (Lipinski definition) is 1. The molecule has 0 aliphatic heterocycles. The average molecular weight is 372 g/mol. The first-order valence-corrected chi connectivity index (χ1v) is 9.85. The van der Waals surface area contributed by atoms with Gasteiger partial charge in [0.1, 0.15) is 0 Å². The molecule has 0 atom stereocenters. The van der Waals surface area contributed by atoms with Gasteiger partial charge in [-0.05, 0) is 35.8 Å². The van der Waals surface area contributed by atoms with Gasteiger partial charge in [-0.3, -0.25) is 4.79 Å². The van der Waals surface area contributed by atoms with E-state index in [0.29, 0.717) is 0 Å². The number of amides is 1. The zero-order chi connectivity index (χ0) is 14.0. The van der Waals surface area contributed by atoms with E-state index in [1.54, 1.807) is 22.7 Å². The van der Waals surface area contributed by atoms with Gasteiger partial charge in [-0.15, -0.1) is 22.7 Å². The van der Waals surface area contributed by atoms with Gasteiger partial charge < -0.3 is 5.32 Å². The molecule has 1 aliphatic carbocycles. The molecule has 1 aliphatic rings. The maximum absolute atomic E-state index is 12.3. The summed E-state index contributed by atoms with van der Waals surface area (Å²) in [5, 5.41) is 6.22. The summed E-state index contributed by atoms with van der Waals surface area (Å²) in [4.78, 5) is 13.1. The molecule has 0 bridgehead atoms. The van der Waals surface area contributed by atoms with Gasteiger partial charge in [0, 0.05) is 21.3 Å². The summed E-state index contributed by atoms with van der Waals surface area (Å²) in [6, 6.07) is 4.10. The molecule has 0 aromatic carbocycles. The molecule has 0 unspecified atom stereocenters. The Hall–Kier alpha value is -0.390. The zero-order valence-corrected chi connectivity index (χ0v) is 14.5. The van der Waals surface area contributed by atoms with E-state index in [1.165, 1.54) is 41.5 Å². The summed E-state index contributed by atoms with van der Waals surface area (Å²) < 4.78 is 2.43. The second-order valence-electron chi connectivity index (χ2n) is 5.64. The lowest BCUT2D eigenvalue weighted by molar-refractivity contribution is 0.0926. The smallest absolute Gasteiger partial charge is 0.261 e. The second kappa shape index (κ2) is 6.16. The highest BCUT2D eigenvalue weighted by Crippen LogP contribution is 2.37. The van der Waals surface area contributed by atoms with Gasteiger partial charge in [-0.2, -0.15) is 0 Å². The van der Waals surface area contributed by atoms with Gasteiger partial charge in [-0.1, -0.05) is 35.2 Å². The molecule has 2 aromatic heterocycles. The number of thiophene rings is 2. The van der Waals surface area contributed by atoms with Crippen LogP contribution in [0.25, 0.3) is 9.40 Å². The lowest BCUT2D eigenvalue weighted by atomic mass is 9.75. The lowest BCUT2D eigenvalue weighted by Crippen LogP contribution is -2.40. The van der Waals surface area contributed by atoms with Crippen LogP contribution in [0.1, 0.15) is 41.8 Å². The minimum absolute atomic E-state index is 0.0873. The summed E-state index contributed by atoms with van der Waals surface area (Å²) in [6.45, 7) is 0.794. The van der Waals surface area contributed by atoms with Crippen molar-refractivity contribution in [3.8, 4) is 0 Å². The number of fused-ring (bicyclic) bond motifs is 1.